The standard InChI is InChI=1S/C19H27BrO3/c1-13-9-19(23-3)15(12-18(13)22-2)11-16(20)17(21)10-14-7-5-4-6-8-14/h9,12,14,16H,4-8,10-11H2,1-3H3. The topological polar surface area (TPSA) is 35.5 Å². The number of halogens is 1. The summed E-state index contributed by atoms with van der Waals surface area (Å²) in [5, 5.41) is 0. The third-order valence-electron chi connectivity index (χ3n) is 4.76. The maximum absolute atomic E-state index is 12.5. The van der Waals surface area contributed by atoms with Crippen LogP contribution in [0.15, 0.2) is 12.1 Å². The Morgan fingerprint density at radius 1 is 1.17 bits per heavy atom. The first-order valence-electron chi connectivity index (χ1n) is 8.43. The van der Waals surface area contributed by atoms with Gasteiger partial charge in [-0.25, -0.2) is 0 Å². The van der Waals surface area contributed by atoms with E-state index in [1.165, 1.54) is 32.1 Å². The van der Waals surface area contributed by atoms with Crippen molar-refractivity contribution < 1.29 is 14.3 Å². The Kier molecular flexibility index (Phi) is 6.94. The molecule has 0 heterocycles. The molecule has 1 saturated carbocycles. The van der Waals surface area contributed by atoms with Crippen molar-refractivity contribution in [1.82, 2.24) is 0 Å². The van der Waals surface area contributed by atoms with Crippen LogP contribution in [-0.2, 0) is 11.2 Å². The molecule has 2 rings (SSSR count). The minimum atomic E-state index is -0.161. The fourth-order valence-electron chi connectivity index (χ4n) is 3.38. The van der Waals surface area contributed by atoms with Gasteiger partial charge in [0.15, 0.2) is 0 Å². The van der Waals surface area contributed by atoms with E-state index >= 15 is 0 Å². The maximum atomic E-state index is 12.5. The Morgan fingerprint density at radius 2 is 1.83 bits per heavy atom. The van der Waals surface area contributed by atoms with Gasteiger partial charge in [0.1, 0.15) is 17.3 Å². The Hall–Kier alpha value is -1.03. The van der Waals surface area contributed by atoms with Gasteiger partial charge in [0.2, 0.25) is 0 Å². The Bertz CT molecular complexity index is 536. The summed E-state index contributed by atoms with van der Waals surface area (Å²) < 4.78 is 10.9. The van der Waals surface area contributed by atoms with Gasteiger partial charge in [-0.1, -0.05) is 48.0 Å². The number of ether oxygens (including phenoxy) is 2. The van der Waals surface area contributed by atoms with Gasteiger partial charge >= 0.3 is 0 Å². The third kappa shape index (κ3) is 4.97. The lowest BCUT2D eigenvalue weighted by atomic mass is 9.85. The van der Waals surface area contributed by atoms with Crippen LogP contribution < -0.4 is 9.47 Å². The molecule has 1 aromatic carbocycles. The molecule has 0 saturated heterocycles. The van der Waals surface area contributed by atoms with E-state index in [0.717, 1.165) is 22.6 Å². The van der Waals surface area contributed by atoms with E-state index in [0.29, 0.717) is 24.5 Å². The van der Waals surface area contributed by atoms with Gasteiger partial charge in [-0.2, -0.15) is 0 Å². The van der Waals surface area contributed by atoms with E-state index in [2.05, 4.69) is 15.9 Å². The molecule has 23 heavy (non-hydrogen) atoms. The molecule has 0 spiro atoms. The number of rotatable bonds is 7. The van der Waals surface area contributed by atoms with Crippen molar-refractivity contribution in [3.05, 3.63) is 23.3 Å². The number of ketones is 1. The maximum Gasteiger partial charge on any atom is 0.147 e. The van der Waals surface area contributed by atoms with Crippen LogP contribution in [0.2, 0.25) is 0 Å². The van der Waals surface area contributed by atoms with Crippen LogP contribution in [0.25, 0.3) is 0 Å². The van der Waals surface area contributed by atoms with Crippen LogP contribution in [0.4, 0.5) is 0 Å². The molecule has 128 valence electrons. The van der Waals surface area contributed by atoms with Gasteiger partial charge in [-0.3, -0.25) is 4.79 Å². The Labute approximate surface area is 147 Å². The Balaban J connectivity index is 2.03. The van der Waals surface area contributed by atoms with E-state index in [1.54, 1.807) is 14.2 Å². The van der Waals surface area contributed by atoms with Crippen molar-refractivity contribution >= 4 is 21.7 Å². The zero-order valence-corrected chi connectivity index (χ0v) is 15.9. The first kappa shape index (κ1) is 18.3. The molecule has 4 heteroatoms. The van der Waals surface area contributed by atoms with E-state index in [1.807, 2.05) is 19.1 Å². The predicted molar refractivity (Wildman–Crippen MR) is 96.9 cm³/mol. The molecule has 1 aliphatic carbocycles. The third-order valence-corrected chi connectivity index (χ3v) is 5.60. The lowest BCUT2D eigenvalue weighted by Gasteiger charge is -2.22. The molecule has 0 radical (unpaired) electrons. The molecule has 0 N–H and O–H groups in total. The highest BCUT2D eigenvalue weighted by molar-refractivity contribution is 9.10. The predicted octanol–water partition coefficient (Wildman–Crippen LogP) is 4.86. The lowest BCUT2D eigenvalue weighted by molar-refractivity contribution is -0.119. The zero-order chi connectivity index (χ0) is 16.8. The summed E-state index contributed by atoms with van der Waals surface area (Å²) >= 11 is 3.59. The number of methoxy groups -OCH3 is 2. The Morgan fingerprint density at radius 3 is 2.43 bits per heavy atom. The van der Waals surface area contributed by atoms with Crippen LogP contribution >= 0.6 is 15.9 Å². The lowest BCUT2D eigenvalue weighted by Crippen LogP contribution is -2.21. The van der Waals surface area contributed by atoms with Crippen molar-refractivity contribution in [1.29, 1.82) is 0 Å². The molecule has 1 fully saturated rings. The molecule has 1 aliphatic rings. The van der Waals surface area contributed by atoms with E-state index < -0.39 is 0 Å². The average Bonchev–Trinajstić information content (AvgIpc) is 2.56. The summed E-state index contributed by atoms with van der Waals surface area (Å²) in [6.07, 6.45) is 7.59. The molecule has 1 aromatic rings. The van der Waals surface area contributed by atoms with Crippen LogP contribution in [0.3, 0.4) is 0 Å². The monoisotopic (exact) mass is 382 g/mol. The number of benzene rings is 1. The summed E-state index contributed by atoms with van der Waals surface area (Å²) in [4.78, 5) is 12.4. The highest BCUT2D eigenvalue weighted by Gasteiger charge is 2.23. The van der Waals surface area contributed by atoms with E-state index in [9.17, 15) is 4.79 Å². The van der Waals surface area contributed by atoms with Crippen LogP contribution in [0.5, 0.6) is 11.5 Å². The van der Waals surface area contributed by atoms with Gasteiger partial charge in [-0.05, 0) is 42.5 Å². The minimum absolute atomic E-state index is 0.161. The molecule has 0 amide bonds. The molecule has 0 aromatic heterocycles. The van der Waals surface area contributed by atoms with Crippen LogP contribution in [0.1, 0.15) is 49.7 Å². The fourth-order valence-corrected chi connectivity index (χ4v) is 3.92. The van der Waals surface area contributed by atoms with Gasteiger partial charge < -0.3 is 9.47 Å². The van der Waals surface area contributed by atoms with E-state index in [4.69, 9.17) is 9.47 Å². The van der Waals surface area contributed by atoms with Gasteiger partial charge in [0.25, 0.3) is 0 Å². The fraction of sp³-hybridized carbons (Fsp3) is 0.632. The van der Waals surface area contributed by atoms with Crippen molar-refractivity contribution in [2.75, 3.05) is 14.2 Å². The summed E-state index contributed by atoms with van der Waals surface area (Å²) in [6.45, 7) is 1.99. The van der Waals surface area contributed by atoms with Crippen LogP contribution in [0, 0.1) is 12.8 Å². The number of alkyl halides is 1. The number of carbonyl (C=O) groups excluding carboxylic acids is 1. The van der Waals surface area contributed by atoms with E-state index in [-0.39, 0.29) is 4.83 Å². The zero-order valence-electron chi connectivity index (χ0n) is 14.4. The molecular weight excluding hydrogens is 356 g/mol. The smallest absolute Gasteiger partial charge is 0.147 e. The van der Waals surface area contributed by atoms with Crippen LogP contribution in [-0.4, -0.2) is 24.8 Å². The molecule has 1 atom stereocenters. The molecule has 0 bridgehead atoms. The summed E-state index contributed by atoms with van der Waals surface area (Å²) in [7, 11) is 3.33. The van der Waals surface area contributed by atoms with Crippen molar-refractivity contribution in [2.24, 2.45) is 5.92 Å². The first-order chi connectivity index (χ1) is 11.0. The van der Waals surface area contributed by atoms with Crippen molar-refractivity contribution in [2.45, 2.75) is 56.7 Å². The van der Waals surface area contributed by atoms with Crippen molar-refractivity contribution in [3.63, 3.8) is 0 Å². The average molecular weight is 383 g/mol. The second-order valence-electron chi connectivity index (χ2n) is 6.48. The normalized spacial score (nSPS) is 16.9. The molecule has 0 aliphatic heterocycles. The minimum Gasteiger partial charge on any atom is -0.496 e. The number of carbonyl (C=O) groups is 1. The first-order valence-corrected chi connectivity index (χ1v) is 9.35. The van der Waals surface area contributed by atoms with Gasteiger partial charge in [-0.15, -0.1) is 0 Å². The number of Topliss-reactive ketones (excluding diaryl/α,β-unsaturated/α-hetero) is 1. The second kappa shape index (κ2) is 8.72. The van der Waals surface area contributed by atoms with Crippen molar-refractivity contribution in [3.8, 4) is 11.5 Å². The number of hydrogen-bond acceptors (Lipinski definition) is 3. The highest BCUT2D eigenvalue weighted by Crippen LogP contribution is 2.32. The summed E-state index contributed by atoms with van der Waals surface area (Å²) in [6, 6.07) is 3.95. The highest BCUT2D eigenvalue weighted by atomic mass is 79.9. The number of hydrogen-bond donors (Lipinski definition) is 0. The summed E-state index contributed by atoms with van der Waals surface area (Å²) in [5.74, 6) is 2.53. The quantitative estimate of drug-likeness (QED) is 0.631. The molecule has 3 nitrogen and oxygen atoms in total. The molecule has 1 unspecified atom stereocenters. The largest absolute Gasteiger partial charge is 0.496 e. The summed E-state index contributed by atoms with van der Waals surface area (Å²) in [5.41, 5.74) is 2.04. The number of aryl methyl sites for hydroxylation is 1. The molecular formula is C19H27BrO3. The van der Waals surface area contributed by atoms with Gasteiger partial charge in [0.05, 0.1) is 19.0 Å². The SMILES string of the molecule is COc1cc(CC(Br)C(=O)CC2CCCCC2)c(OC)cc1C. The second-order valence-corrected chi connectivity index (χ2v) is 7.59. The van der Waals surface area contributed by atoms with Gasteiger partial charge in [0, 0.05) is 6.42 Å².